The van der Waals surface area contributed by atoms with Crippen LogP contribution in [0, 0.1) is 0 Å². The molecule has 3 nitrogen and oxygen atoms in total. The fourth-order valence-corrected chi connectivity index (χ4v) is 3.43. The molecule has 1 aromatic rings. The van der Waals surface area contributed by atoms with Crippen molar-refractivity contribution in [2.75, 3.05) is 13.2 Å². The van der Waals surface area contributed by atoms with Gasteiger partial charge in [0.25, 0.3) is 0 Å². The van der Waals surface area contributed by atoms with Crippen LogP contribution in [0.3, 0.4) is 0 Å². The van der Waals surface area contributed by atoms with Crippen LogP contribution in [0.25, 0.3) is 0 Å². The normalized spacial score (nSPS) is 25.8. The van der Waals surface area contributed by atoms with Crippen LogP contribution < -0.4 is 5.32 Å². The minimum Gasteiger partial charge on any atom is -0.376 e. The molecule has 4 heteroatoms. The predicted octanol–water partition coefficient (Wildman–Crippen LogP) is 2.07. The van der Waals surface area contributed by atoms with Gasteiger partial charge in [-0.15, -0.1) is 11.3 Å². The number of hydrogen-bond acceptors (Lipinski definition) is 3. The Hall–Kier alpha value is -0.870. The van der Waals surface area contributed by atoms with Crippen molar-refractivity contribution in [2.45, 2.75) is 37.2 Å². The van der Waals surface area contributed by atoms with Gasteiger partial charge in [-0.3, -0.25) is 4.79 Å². The van der Waals surface area contributed by atoms with Crippen LogP contribution in [0.4, 0.5) is 0 Å². The molecule has 1 N–H and O–H groups in total. The lowest BCUT2D eigenvalue weighted by atomic mass is 10.0. The zero-order chi connectivity index (χ0) is 11.7. The van der Waals surface area contributed by atoms with Crippen LogP contribution in [0.5, 0.6) is 0 Å². The lowest BCUT2D eigenvalue weighted by Gasteiger charge is -2.16. The van der Waals surface area contributed by atoms with Gasteiger partial charge in [-0.2, -0.15) is 0 Å². The number of hydrogen-bond donors (Lipinski definition) is 1. The third-order valence-electron chi connectivity index (χ3n) is 3.69. The van der Waals surface area contributed by atoms with E-state index in [4.69, 9.17) is 4.74 Å². The molecule has 1 aliphatic carbocycles. The van der Waals surface area contributed by atoms with E-state index in [-0.39, 0.29) is 17.4 Å². The van der Waals surface area contributed by atoms with E-state index in [0.717, 1.165) is 32.3 Å². The molecule has 17 heavy (non-hydrogen) atoms. The maximum absolute atomic E-state index is 12.2. The third kappa shape index (κ3) is 2.11. The van der Waals surface area contributed by atoms with Crippen LogP contribution in [0.15, 0.2) is 17.5 Å². The second-order valence-electron chi connectivity index (χ2n) is 4.90. The van der Waals surface area contributed by atoms with Gasteiger partial charge in [-0.25, -0.2) is 0 Å². The lowest BCUT2D eigenvalue weighted by molar-refractivity contribution is -0.124. The SMILES string of the molecule is O=C(NCC1CCCO1)C1(c2cccs2)CC1. The highest BCUT2D eigenvalue weighted by atomic mass is 32.1. The summed E-state index contributed by atoms with van der Waals surface area (Å²) in [7, 11) is 0. The maximum Gasteiger partial charge on any atom is 0.231 e. The fourth-order valence-electron chi connectivity index (χ4n) is 2.44. The minimum atomic E-state index is -0.202. The van der Waals surface area contributed by atoms with Gasteiger partial charge in [0.2, 0.25) is 5.91 Å². The lowest BCUT2D eigenvalue weighted by Crippen LogP contribution is -2.38. The van der Waals surface area contributed by atoms with E-state index in [1.54, 1.807) is 11.3 Å². The number of carbonyl (C=O) groups excluding carboxylic acids is 1. The van der Waals surface area contributed by atoms with Gasteiger partial charge >= 0.3 is 0 Å². The standard InChI is InChI=1S/C13H17NO2S/c15-12(14-9-10-3-1-7-16-10)13(5-6-13)11-4-2-8-17-11/h2,4,8,10H,1,3,5-7,9H2,(H,14,15). The summed E-state index contributed by atoms with van der Waals surface area (Å²) in [5, 5.41) is 5.10. The Bertz CT molecular complexity index is 392. The van der Waals surface area contributed by atoms with Crippen LogP contribution in [-0.4, -0.2) is 25.2 Å². The number of ether oxygens (including phenoxy) is 1. The number of thiophene rings is 1. The predicted molar refractivity (Wildman–Crippen MR) is 67.2 cm³/mol. The van der Waals surface area contributed by atoms with Crippen LogP contribution >= 0.6 is 11.3 Å². The highest BCUT2D eigenvalue weighted by molar-refractivity contribution is 7.10. The molecule has 1 saturated heterocycles. The first-order valence-electron chi connectivity index (χ1n) is 6.25. The number of rotatable bonds is 4. The number of nitrogens with one attached hydrogen (secondary N) is 1. The number of carbonyl (C=O) groups is 1. The first-order valence-corrected chi connectivity index (χ1v) is 7.13. The smallest absolute Gasteiger partial charge is 0.231 e. The van der Waals surface area contributed by atoms with E-state index in [2.05, 4.69) is 11.4 Å². The van der Waals surface area contributed by atoms with Crippen molar-refractivity contribution in [3.8, 4) is 0 Å². The average Bonchev–Trinajstić information content (AvgIpc) is 2.83. The highest BCUT2D eigenvalue weighted by Crippen LogP contribution is 2.50. The van der Waals surface area contributed by atoms with E-state index in [0.29, 0.717) is 6.54 Å². The molecule has 0 radical (unpaired) electrons. The van der Waals surface area contributed by atoms with Crippen molar-refractivity contribution in [1.29, 1.82) is 0 Å². The van der Waals surface area contributed by atoms with E-state index < -0.39 is 0 Å². The molecule has 92 valence electrons. The molecule has 0 bridgehead atoms. The van der Waals surface area contributed by atoms with Gasteiger partial charge in [-0.1, -0.05) is 6.07 Å². The molecule has 1 atom stereocenters. The quantitative estimate of drug-likeness (QED) is 0.889. The summed E-state index contributed by atoms with van der Waals surface area (Å²) in [5.41, 5.74) is -0.202. The maximum atomic E-state index is 12.2. The summed E-state index contributed by atoms with van der Waals surface area (Å²) in [4.78, 5) is 13.4. The van der Waals surface area contributed by atoms with E-state index in [1.165, 1.54) is 4.88 Å². The topological polar surface area (TPSA) is 38.3 Å². The third-order valence-corrected chi connectivity index (χ3v) is 4.77. The van der Waals surface area contributed by atoms with Gasteiger partial charge in [0.1, 0.15) is 0 Å². The van der Waals surface area contributed by atoms with Crippen LogP contribution in [-0.2, 0) is 14.9 Å². The molecule has 0 spiro atoms. The van der Waals surface area contributed by atoms with Crippen molar-refractivity contribution < 1.29 is 9.53 Å². The Labute approximate surface area is 105 Å². The summed E-state index contributed by atoms with van der Waals surface area (Å²) in [6.45, 7) is 1.52. The van der Waals surface area contributed by atoms with Gasteiger partial charge in [-0.05, 0) is 37.1 Å². The van der Waals surface area contributed by atoms with Gasteiger partial charge in [0, 0.05) is 18.0 Å². The largest absolute Gasteiger partial charge is 0.376 e. The molecule has 2 fully saturated rings. The Kier molecular flexibility index (Phi) is 2.92. The first kappa shape index (κ1) is 11.2. The molecule has 2 aliphatic rings. The van der Waals surface area contributed by atoms with Crippen molar-refractivity contribution >= 4 is 17.2 Å². The molecule has 1 aliphatic heterocycles. The fraction of sp³-hybridized carbons (Fsp3) is 0.615. The van der Waals surface area contributed by atoms with E-state index >= 15 is 0 Å². The van der Waals surface area contributed by atoms with Crippen LogP contribution in [0.2, 0.25) is 0 Å². The molecule has 2 heterocycles. The van der Waals surface area contributed by atoms with Crippen LogP contribution in [0.1, 0.15) is 30.6 Å². The second-order valence-corrected chi connectivity index (χ2v) is 5.85. The second kappa shape index (κ2) is 4.42. The van der Waals surface area contributed by atoms with E-state index in [1.807, 2.05) is 11.4 Å². The Morgan fingerprint density at radius 1 is 1.59 bits per heavy atom. The zero-order valence-corrected chi connectivity index (χ0v) is 10.6. The molecule has 0 aromatic carbocycles. The molecule has 1 saturated carbocycles. The Morgan fingerprint density at radius 3 is 3.06 bits per heavy atom. The summed E-state index contributed by atoms with van der Waals surface area (Å²) >= 11 is 1.69. The minimum absolute atomic E-state index is 0.190. The van der Waals surface area contributed by atoms with Gasteiger partial charge < -0.3 is 10.1 Å². The molecule has 1 unspecified atom stereocenters. The summed E-state index contributed by atoms with van der Waals surface area (Å²) in [6.07, 6.45) is 4.41. The zero-order valence-electron chi connectivity index (χ0n) is 9.78. The van der Waals surface area contributed by atoms with E-state index in [9.17, 15) is 4.79 Å². The van der Waals surface area contributed by atoms with Gasteiger partial charge in [0.05, 0.1) is 11.5 Å². The highest BCUT2D eigenvalue weighted by Gasteiger charge is 2.52. The molecule has 3 rings (SSSR count). The van der Waals surface area contributed by atoms with Crippen molar-refractivity contribution in [2.24, 2.45) is 0 Å². The molecular formula is C13H17NO2S. The monoisotopic (exact) mass is 251 g/mol. The van der Waals surface area contributed by atoms with Gasteiger partial charge in [0.15, 0.2) is 0 Å². The summed E-state index contributed by atoms with van der Waals surface area (Å²) in [6, 6.07) is 4.09. The Balaban J connectivity index is 1.59. The molecule has 1 aromatic heterocycles. The number of amides is 1. The van der Waals surface area contributed by atoms with Crippen molar-refractivity contribution in [3.05, 3.63) is 22.4 Å². The molecule has 1 amide bonds. The Morgan fingerprint density at radius 2 is 2.47 bits per heavy atom. The van der Waals surface area contributed by atoms with Crippen molar-refractivity contribution in [1.82, 2.24) is 5.32 Å². The van der Waals surface area contributed by atoms with Crippen molar-refractivity contribution in [3.63, 3.8) is 0 Å². The summed E-state index contributed by atoms with van der Waals surface area (Å²) < 4.78 is 5.52. The summed E-state index contributed by atoms with van der Waals surface area (Å²) in [5.74, 6) is 0.190. The first-order chi connectivity index (χ1) is 8.31. The molecular weight excluding hydrogens is 234 g/mol. The average molecular weight is 251 g/mol.